The maximum atomic E-state index is 12.8. The molecule has 2 aromatic carbocycles. The summed E-state index contributed by atoms with van der Waals surface area (Å²) in [5.41, 5.74) is 1.14. The van der Waals surface area contributed by atoms with Gasteiger partial charge in [0.2, 0.25) is 0 Å². The van der Waals surface area contributed by atoms with E-state index in [1.165, 1.54) is 24.3 Å². The van der Waals surface area contributed by atoms with Crippen molar-refractivity contribution in [3.05, 3.63) is 61.5 Å². The van der Waals surface area contributed by atoms with Crippen LogP contribution in [0.4, 0.5) is 10.5 Å². The fourth-order valence-electron chi connectivity index (χ4n) is 2.45. The summed E-state index contributed by atoms with van der Waals surface area (Å²) in [5, 5.41) is 12.2. The van der Waals surface area contributed by atoms with E-state index >= 15 is 0 Å². The lowest BCUT2D eigenvalue weighted by molar-refractivity contribution is -0.122. The van der Waals surface area contributed by atoms with Crippen molar-refractivity contribution in [2.24, 2.45) is 0 Å². The Kier molecular flexibility index (Phi) is 5.28. The number of amides is 4. The summed E-state index contributed by atoms with van der Waals surface area (Å²) in [6, 6.07) is 6.69. The number of rotatable bonds is 2. The number of hydrogen-bond acceptors (Lipinski definition) is 4. The van der Waals surface area contributed by atoms with Crippen molar-refractivity contribution >= 4 is 68.7 Å². The Morgan fingerprint density at radius 2 is 1.81 bits per heavy atom. The van der Waals surface area contributed by atoms with Crippen LogP contribution >= 0.6 is 39.1 Å². The highest BCUT2D eigenvalue weighted by Crippen LogP contribution is 2.34. The molecule has 1 aliphatic heterocycles. The lowest BCUT2D eigenvalue weighted by Crippen LogP contribution is -2.54. The Balaban J connectivity index is 2.06. The summed E-state index contributed by atoms with van der Waals surface area (Å²) in [5.74, 6) is -1.80. The largest absolute Gasteiger partial charge is 0.505 e. The minimum Gasteiger partial charge on any atom is -0.505 e. The van der Waals surface area contributed by atoms with Gasteiger partial charge in [-0.25, -0.2) is 9.69 Å². The predicted octanol–water partition coefficient (Wildman–Crippen LogP) is 4.44. The van der Waals surface area contributed by atoms with Gasteiger partial charge in [0.15, 0.2) is 0 Å². The molecule has 2 aromatic rings. The van der Waals surface area contributed by atoms with Crippen LogP contribution in [0.5, 0.6) is 5.75 Å². The lowest BCUT2D eigenvalue weighted by Gasteiger charge is -2.26. The van der Waals surface area contributed by atoms with Gasteiger partial charge < -0.3 is 5.11 Å². The molecule has 0 atom stereocenters. The molecule has 0 saturated carbocycles. The van der Waals surface area contributed by atoms with Crippen molar-refractivity contribution in [1.82, 2.24) is 5.32 Å². The second kappa shape index (κ2) is 7.34. The van der Waals surface area contributed by atoms with Gasteiger partial charge >= 0.3 is 6.03 Å². The number of phenols is 1. The third-order valence-corrected chi connectivity index (χ3v) is 5.17. The minimum absolute atomic E-state index is 0.0399. The van der Waals surface area contributed by atoms with Gasteiger partial charge in [-0.15, -0.1) is 0 Å². The van der Waals surface area contributed by atoms with Gasteiger partial charge in [0, 0.05) is 5.02 Å². The van der Waals surface area contributed by atoms with Crippen LogP contribution < -0.4 is 10.2 Å². The Bertz CT molecular complexity index is 1010. The second-order valence-corrected chi connectivity index (χ2v) is 7.39. The first kappa shape index (κ1) is 19.4. The van der Waals surface area contributed by atoms with Crippen molar-refractivity contribution < 1.29 is 19.5 Å². The molecule has 1 aliphatic rings. The van der Waals surface area contributed by atoms with Gasteiger partial charge in [0.25, 0.3) is 11.8 Å². The first-order valence-corrected chi connectivity index (χ1v) is 9.09. The molecule has 1 fully saturated rings. The summed E-state index contributed by atoms with van der Waals surface area (Å²) in [7, 11) is 0. The number of aromatic hydroxyl groups is 1. The van der Waals surface area contributed by atoms with Gasteiger partial charge in [-0.1, -0.05) is 29.3 Å². The van der Waals surface area contributed by atoms with Gasteiger partial charge in [-0.05, 0) is 64.3 Å². The van der Waals surface area contributed by atoms with Crippen LogP contribution in [0, 0.1) is 6.92 Å². The Labute approximate surface area is 172 Å². The molecule has 1 heterocycles. The zero-order valence-corrected chi connectivity index (χ0v) is 16.8. The van der Waals surface area contributed by atoms with E-state index in [0.29, 0.717) is 15.1 Å². The van der Waals surface area contributed by atoms with Crippen LogP contribution in [0.25, 0.3) is 6.08 Å². The predicted molar refractivity (Wildman–Crippen MR) is 106 cm³/mol. The number of anilines is 1. The number of hydrogen-bond donors (Lipinski definition) is 2. The van der Waals surface area contributed by atoms with Crippen LogP contribution in [-0.4, -0.2) is 23.0 Å². The quantitative estimate of drug-likeness (QED) is 0.503. The Hall–Kier alpha value is -2.35. The molecule has 0 aliphatic carbocycles. The van der Waals surface area contributed by atoms with E-state index in [-0.39, 0.29) is 22.0 Å². The zero-order chi connectivity index (χ0) is 19.9. The fraction of sp³-hybridized carbons (Fsp3) is 0.0556. The summed E-state index contributed by atoms with van der Waals surface area (Å²) >= 11 is 15.1. The molecule has 4 amide bonds. The standard InChI is InChI=1S/C18H11BrCl2N2O4/c1-8-2-3-10(7-13(8)20)23-17(26)11(16(25)22-18(23)27)4-9-5-12(19)15(24)14(21)6-9/h2-7,24H,1H3,(H,22,25,27)/b11-4+. The van der Waals surface area contributed by atoms with Gasteiger partial charge in [0.1, 0.15) is 11.3 Å². The van der Waals surface area contributed by atoms with Gasteiger partial charge in [-0.2, -0.15) is 0 Å². The summed E-state index contributed by atoms with van der Waals surface area (Å²) in [6.07, 6.45) is 1.28. The van der Waals surface area contributed by atoms with Crippen molar-refractivity contribution in [3.8, 4) is 5.75 Å². The molecule has 0 spiro atoms. The van der Waals surface area contributed by atoms with Gasteiger partial charge in [-0.3, -0.25) is 14.9 Å². The van der Waals surface area contributed by atoms with E-state index in [1.54, 1.807) is 19.1 Å². The number of carbonyl (C=O) groups excluding carboxylic acids is 3. The number of barbiturate groups is 1. The minimum atomic E-state index is -0.869. The van der Waals surface area contributed by atoms with E-state index in [2.05, 4.69) is 21.2 Å². The van der Waals surface area contributed by atoms with Crippen LogP contribution in [0.15, 0.2) is 40.4 Å². The smallest absolute Gasteiger partial charge is 0.335 e. The maximum Gasteiger partial charge on any atom is 0.335 e. The first-order valence-electron chi connectivity index (χ1n) is 7.54. The number of nitrogens with one attached hydrogen (secondary N) is 1. The molecule has 0 aromatic heterocycles. The molecule has 2 N–H and O–H groups in total. The third-order valence-electron chi connectivity index (χ3n) is 3.87. The molecule has 138 valence electrons. The van der Waals surface area contributed by atoms with Gasteiger partial charge in [0.05, 0.1) is 15.2 Å². The van der Waals surface area contributed by atoms with E-state index in [9.17, 15) is 19.5 Å². The van der Waals surface area contributed by atoms with E-state index in [0.717, 1.165) is 10.5 Å². The topological polar surface area (TPSA) is 86.7 Å². The molecule has 0 radical (unpaired) electrons. The summed E-state index contributed by atoms with van der Waals surface area (Å²) in [4.78, 5) is 38.0. The molecule has 0 bridgehead atoms. The molecule has 6 nitrogen and oxygen atoms in total. The third kappa shape index (κ3) is 3.71. The maximum absolute atomic E-state index is 12.8. The highest BCUT2D eigenvalue weighted by Gasteiger charge is 2.37. The monoisotopic (exact) mass is 468 g/mol. The van der Waals surface area contributed by atoms with Crippen molar-refractivity contribution in [2.75, 3.05) is 4.90 Å². The van der Waals surface area contributed by atoms with Crippen LogP contribution in [0.1, 0.15) is 11.1 Å². The molecule has 27 heavy (non-hydrogen) atoms. The van der Waals surface area contributed by atoms with E-state index in [4.69, 9.17) is 23.2 Å². The summed E-state index contributed by atoms with van der Waals surface area (Å²) < 4.78 is 0.295. The van der Waals surface area contributed by atoms with Crippen LogP contribution in [0.2, 0.25) is 10.0 Å². The number of halogens is 3. The second-order valence-electron chi connectivity index (χ2n) is 5.72. The van der Waals surface area contributed by atoms with Crippen molar-refractivity contribution in [2.45, 2.75) is 6.92 Å². The summed E-state index contributed by atoms with van der Waals surface area (Å²) in [6.45, 7) is 1.78. The molecule has 9 heteroatoms. The Morgan fingerprint density at radius 1 is 1.11 bits per heavy atom. The number of imide groups is 2. The Morgan fingerprint density at radius 3 is 2.44 bits per heavy atom. The molecular formula is C18H11BrCl2N2O4. The van der Waals surface area contributed by atoms with Crippen molar-refractivity contribution in [1.29, 1.82) is 0 Å². The molecular weight excluding hydrogens is 459 g/mol. The van der Waals surface area contributed by atoms with Crippen LogP contribution in [0.3, 0.4) is 0 Å². The average molecular weight is 470 g/mol. The average Bonchev–Trinajstić information content (AvgIpc) is 2.59. The van der Waals surface area contributed by atoms with Crippen molar-refractivity contribution in [3.63, 3.8) is 0 Å². The number of benzene rings is 2. The van der Waals surface area contributed by atoms with E-state index in [1.807, 2.05) is 0 Å². The molecule has 0 unspecified atom stereocenters. The number of carbonyl (C=O) groups is 3. The highest BCUT2D eigenvalue weighted by molar-refractivity contribution is 9.10. The zero-order valence-electron chi connectivity index (χ0n) is 13.7. The molecule has 3 rings (SSSR count). The number of phenolic OH excluding ortho intramolecular Hbond substituents is 1. The van der Waals surface area contributed by atoms with E-state index < -0.39 is 17.8 Å². The lowest BCUT2D eigenvalue weighted by atomic mass is 10.1. The SMILES string of the molecule is Cc1ccc(N2C(=O)NC(=O)/C(=C\c3cc(Cl)c(O)c(Br)c3)C2=O)cc1Cl. The van der Waals surface area contributed by atoms with Crippen LogP contribution in [-0.2, 0) is 9.59 Å². The first-order chi connectivity index (χ1) is 12.7. The number of nitrogens with zero attached hydrogens (tertiary/aromatic N) is 1. The number of aryl methyl sites for hydroxylation is 1. The highest BCUT2D eigenvalue weighted by atomic mass is 79.9. The normalized spacial score (nSPS) is 16.1. The fourth-order valence-corrected chi connectivity index (χ4v) is 3.44. The number of urea groups is 1. The molecule has 1 saturated heterocycles.